The Hall–Kier alpha value is -0.280. The number of carbonyl (C=O) groups excluding carboxylic acids is 1. The van der Waals surface area contributed by atoms with Crippen LogP contribution in [0.15, 0.2) is 0 Å². The van der Waals surface area contributed by atoms with E-state index in [1.54, 1.807) is 0 Å². The first kappa shape index (κ1) is 18.7. The number of amides is 1. The van der Waals surface area contributed by atoms with Crippen LogP contribution in [0.25, 0.3) is 0 Å². The van der Waals surface area contributed by atoms with Gasteiger partial charge in [-0.1, -0.05) is 46.0 Å². The number of halogens is 1. The zero-order valence-electron chi connectivity index (χ0n) is 12.5. The maximum Gasteiger partial charge on any atom is 0.223 e. The lowest BCUT2D eigenvalue weighted by molar-refractivity contribution is -0.127. The summed E-state index contributed by atoms with van der Waals surface area (Å²) in [5.41, 5.74) is 5.45. The quantitative estimate of drug-likeness (QED) is 0.708. The Morgan fingerprint density at radius 3 is 2.42 bits per heavy atom. The Morgan fingerprint density at radius 1 is 1.26 bits per heavy atom. The van der Waals surface area contributed by atoms with Crippen molar-refractivity contribution in [2.24, 2.45) is 23.5 Å². The largest absolute Gasteiger partial charge is 0.356 e. The fraction of sp³-hybridized carbons (Fsp3) is 0.933. The molecule has 0 spiro atoms. The number of carbonyl (C=O) groups is 1. The average Bonchev–Trinajstić information content (AvgIpc) is 2.37. The second-order valence-electron chi connectivity index (χ2n) is 6.02. The van der Waals surface area contributed by atoms with Gasteiger partial charge in [-0.25, -0.2) is 0 Å². The molecular weight excluding hydrogens is 260 g/mol. The van der Waals surface area contributed by atoms with Crippen LogP contribution in [-0.4, -0.2) is 19.0 Å². The molecule has 1 fully saturated rings. The molecule has 1 unspecified atom stereocenters. The molecule has 0 saturated heterocycles. The molecule has 4 heteroatoms. The van der Waals surface area contributed by atoms with E-state index in [2.05, 4.69) is 19.2 Å². The zero-order chi connectivity index (χ0) is 13.4. The summed E-state index contributed by atoms with van der Waals surface area (Å²) in [6.45, 7) is 5.70. The molecule has 1 atom stereocenters. The van der Waals surface area contributed by atoms with Crippen LogP contribution in [0, 0.1) is 17.8 Å². The zero-order valence-corrected chi connectivity index (χ0v) is 13.3. The van der Waals surface area contributed by atoms with E-state index in [0.717, 1.165) is 25.3 Å². The van der Waals surface area contributed by atoms with Gasteiger partial charge in [-0.05, 0) is 31.2 Å². The van der Waals surface area contributed by atoms with Crippen molar-refractivity contribution in [3.8, 4) is 0 Å². The van der Waals surface area contributed by atoms with E-state index in [1.807, 2.05) is 0 Å². The van der Waals surface area contributed by atoms with Crippen molar-refractivity contribution in [3.63, 3.8) is 0 Å². The van der Waals surface area contributed by atoms with Gasteiger partial charge in [0.1, 0.15) is 0 Å². The number of hydrogen-bond donors (Lipinski definition) is 2. The van der Waals surface area contributed by atoms with Crippen molar-refractivity contribution < 1.29 is 4.79 Å². The summed E-state index contributed by atoms with van der Waals surface area (Å²) < 4.78 is 0. The standard InChI is InChI=1S/C15H30N2O.ClH/c1-12(2)14(15(18)17-10-6-9-16)11-13-7-4-3-5-8-13;/h12-14H,3-11,16H2,1-2H3,(H,17,18);1H. The maximum atomic E-state index is 12.2. The van der Waals surface area contributed by atoms with Crippen LogP contribution < -0.4 is 11.1 Å². The van der Waals surface area contributed by atoms with Gasteiger partial charge in [-0.2, -0.15) is 0 Å². The highest BCUT2D eigenvalue weighted by Gasteiger charge is 2.26. The van der Waals surface area contributed by atoms with Crippen molar-refractivity contribution in [2.75, 3.05) is 13.1 Å². The van der Waals surface area contributed by atoms with Crippen molar-refractivity contribution in [3.05, 3.63) is 0 Å². The number of hydrogen-bond acceptors (Lipinski definition) is 2. The van der Waals surface area contributed by atoms with Crippen molar-refractivity contribution in [2.45, 2.75) is 58.8 Å². The first-order valence-corrected chi connectivity index (χ1v) is 7.63. The smallest absolute Gasteiger partial charge is 0.223 e. The lowest BCUT2D eigenvalue weighted by Crippen LogP contribution is -2.36. The van der Waals surface area contributed by atoms with Gasteiger partial charge >= 0.3 is 0 Å². The van der Waals surface area contributed by atoms with Gasteiger partial charge in [0.05, 0.1) is 0 Å². The van der Waals surface area contributed by atoms with Crippen LogP contribution in [0.3, 0.4) is 0 Å². The third kappa shape index (κ3) is 7.17. The van der Waals surface area contributed by atoms with Gasteiger partial charge < -0.3 is 11.1 Å². The Morgan fingerprint density at radius 2 is 1.89 bits per heavy atom. The highest BCUT2D eigenvalue weighted by molar-refractivity contribution is 5.85. The molecule has 1 saturated carbocycles. The van der Waals surface area contributed by atoms with Crippen molar-refractivity contribution in [1.82, 2.24) is 5.32 Å². The van der Waals surface area contributed by atoms with Gasteiger partial charge in [0, 0.05) is 12.5 Å². The molecule has 0 bridgehead atoms. The summed E-state index contributed by atoms with van der Waals surface area (Å²) in [5.74, 6) is 1.63. The van der Waals surface area contributed by atoms with E-state index in [0.29, 0.717) is 12.5 Å². The van der Waals surface area contributed by atoms with Crippen LogP contribution in [0.4, 0.5) is 0 Å². The van der Waals surface area contributed by atoms with Crippen LogP contribution >= 0.6 is 12.4 Å². The van der Waals surface area contributed by atoms with Gasteiger partial charge in [0.15, 0.2) is 0 Å². The van der Waals surface area contributed by atoms with Crippen molar-refractivity contribution in [1.29, 1.82) is 0 Å². The molecule has 114 valence electrons. The third-order valence-corrected chi connectivity index (χ3v) is 4.13. The third-order valence-electron chi connectivity index (χ3n) is 4.13. The van der Waals surface area contributed by atoms with E-state index in [4.69, 9.17) is 5.73 Å². The van der Waals surface area contributed by atoms with Crippen LogP contribution in [0.5, 0.6) is 0 Å². The first-order chi connectivity index (χ1) is 8.65. The van der Waals surface area contributed by atoms with Gasteiger partial charge in [-0.15, -0.1) is 12.4 Å². The SMILES string of the molecule is CC(C)C(CC1CCCCC1)C(=O)NCCCN.Cl. The van der Waals surface area contributed by atoms with Crippen LogP contribution in [0.2, 0.25) is 0 Å². The Labute approximate surface area is 124 Å². The van der Waals surface area contributed by atoms with E-state index >= 15 is 0 Å². The molecule has 3 nitrogen and oxygen atoms in total. The lowest BCUT2D eigenvalue weighted by atomic mass is 9.79. The second kappa shape index (κ2) is 10.5. The molecule has 0 aliphatic heterocycles. The van der Waals surface area contributed by atoms with Crippen LogP contribution in [0.1, 0.15) is 58.8 Å². The summed E-state index contributed by atoms with van der Waals surface area (Å²) in [6.07, 6.45) is 8.67. The number of nitrogens with one attached hydrogen (secondary N) is 1. The Kier molecular flexibility index (Phi) is 10.3. The van der Waals surface area contributed by atoms with Crippen molar-refractivity contribution >= 4 is 18.3 Å². The summed E-state index contributed by atoms with van der Waals surface area (Å²) in [5, 5.41) is 3.04. The summed E-state index contributed by atoms with van der Waals surface area (Å²) in [6, 6.07) is 0. The minimum atomic E-state index is 0. The number of nitrogens with two attached hydrogens (primary N) is 1. The molecular formula is C15H31ClN2O. The first-order valence-electron chi connectivity index (χ1n) is 7.63. The molecule has 1 amide bonds. The lowest BCUT2D eigenvalue weighted by Gasteiger charge is -2.28. The molecule has 0 heterocycles. The fourth-order valence-electron chi connectivity index (χ4n) is 2.91. The van der Waals surface area contributed by atoms with E-state index in [9.17, 15) is 4.79 Å². The van der Waals surface area contributed by atoms with Crippen LogP contribution in [-0.2, 0) is 4.79 Å². The molecule has 1 rings (SSSR count). The molecule has 1 aliphatic carbocycles. The topological polar surface area (TPSA) is 55.1 Å². The maximum absolute atomic E-state index is 12.2. The van der Waals surface area contributed by atoms with E-state index < -0.39 is 0 Å². The molecule has 0 aromatic heterocycles. The molecule has 1 aliphatic rings. The molecule has 3 N–H and O–H groups in total. The summed E-state index contributed by atoms with van der Waals surface area (Å²) in [4.78, 5) is 12.2. The predicted molar refractivity (Wildman–Crippen MR) is 83.4 cm³/mol. The van der Waals surface area contributed by atoms with E-state index in [-0.39, 0.29) is 24.2 Å². The Balaban J connectivity index is 0.00000324. The molecule has 0 aromatic rings. The number of rotatable bonds is 7. The molecule has 0 radical (unpaired) electrons. The second-order valence-corrected chi connectivity index (χ2v) is 6.02. The predicted octanol–water partition coefficient (Wildman–Crippen LogP) is 3.12. The average molecular weight is 291 g/mol. The monoisotopic (exact) mass is 290 g/mol. The summed E-state index contributed by atoms with van der Waals surface area (Å²) >= 11 is 0. The van der Waals surface area contributed by atoms with Gasteiger partial charge in [0.2, 0.25) is 5.91 Å². The molecule has 0 aromatic carbocycles. The highest BCUT2D eigenvalue weighted by atomic mass is 35.5. The molecule has 19 heavy (non-hydrogen) atoms. The summed E-state index contributed by atoms with van der Waals surface area (Å²) in [7, 11) is 0. The minimum Gasteiger partial charge on any atom is -0.356 e. The van der Waals surface area contributed by atoms with Gasteiger partial charge in [0.25, 0.3) is 0 Å². The van der Waals surface area contributed by atoms with E-state index in [1.165, 1.54) is 32.1 Å². The minimum absolute atomic E-state index is 0. The highest BCUT2D eigenvalue weighted by Crippen LogP contribution is 2.31. The normalized spacial score (nSPS) is 17.9. The van der Waals surface area contributed by atoms with Gasteiger partial charge in [-0.3, -0.25) is 4.79 Å². The Bertz CT molecular complexity index is 240. The fourth-order valence-corrected chi connectivity index (χ4v) is 2.91.